The lowest BCUT2D eigenvalue weighted by molar-refractivity contribution is 0.0826. The van der Waals surface area contributed by atoms with E-state index in [1.807, 2.05) is 6.07 Å². The summed E-state index contributed by atoms with van der Waals surface area (Å²) in [5.41, 5.74) is 2.94. The fraction of sp³-hybridized carbons (Fsp3) is 0.538. The Morgan fingerprint density at radius 1 is 1.24 bits per heavy atom. The third-order valence-electron chi connectivity index (χ3n) is 3.83. The molecule has 4 heteroatoms. The molecule has 17 heavy (non-hydrogen) atoms. The summed E-state index contributed by atoms with van der Waals surface area (Å²) in [6, 6.07) is 6.97. The number of rotatable bonds is 0. The van der Waals surface area contributed by atoms with E-state index in [1.165, 1.54) is 30.8 Å². The molecule has 0 radical (unpaired) electrons. The van der Waals surface area contributed by atoms with Gasteiger partial charge in [-0.1, -0.05) is 17.7 Å². The van der Waals surface area contributed by atoms with Crippen LogP contribution in [-0.4, -0.2) is 43.0 Å². The molecule has 94 valence electrons. The minimum Gasteiger partial charge on any atom is -0.303 e. The highest BCUT2D eigenvalue weighted by atomic mass is 35.5. The molecule has 2 heterocycles. The van der Waals surface area contributed by atoms with E-state index in [9.17, 15) is 0 Å². The molecule has 3 rings (SSSR count). The Bertz CT molecular complexity index is 408. The van der Waals surface area contributed by atoms with E-state index in [2.05, 4.69) is 29.0 Å². The molecular weight excluding hydrogens is 255 g/mol. The van der Waals surface area contributed by atoms with Crippen LogP contribution >= 0.6 is 24.0 Å². The minimum atomic E-state index is 0. The highest BCUT2D eigenvalue weighted by Gasteiger charge is 2.31. The van der Waals surface area contributed by atoms with Crippen molar-refractivity contribution in [3.8, 4) is 0 Å². The van der Waals surface area contributed by atoms with Crippen molar-refractivity contribution in [3.05, 3.63) is 34.3 Å². The Kier molecular flexibility index (Phi) is 3.99. The summed E-state index contributed by atoms with van der Waals surface area (Å²) in [7, 11) is 2.21. The number of likely N-dealkylation sites (N-methyl/N-ethyl adjacent to an activating group) is 1. The minimum absolute atomic E-state index is 0. The van der Waals surface area contributed by atoms with Crippen LogP contribution in [0.4, 0.5) is 0 Å². The van der Waals surface area contributed by atoms with E-state index in [0.717, 1.165) is 18.0 Å². The van der Waals surface area contributed by atoms with E-state index in [-0.39, 0.29) is 12.4 Å². The largest absolute Gasteiger partial charge is 0.303 e. The summed E-state index contributed by atoms with van der Waals surface area (Å²) in [5, 5.41) is 0.872. The highest BCUT2D eigenvalue weighted by Crippen LogP contribution is 2.33. The van der Waals surface area contributed by atoms with Gasteiger partial charge >= 0.3 is 0 Å². The van der Waals surface area contributed by atoms with E-state index in [4.69, 9.17) is 11.6 Å². The van der Waals surface area contributed by atoms with Crippen molar-refractivity contribution in [2.75, 3.05) is 33.2 Å². The molecule has 0 aromatic heterocycles. The maximum Gasteiger partial charge on any atom is 0.0478 e. The number of halogens is 2. The molecule has 1 aromatic rings. The van der Waals surface area contributed by atoms with Gasteiger partial charge in [0.05, 0.1) is 0 Å². The Morgan fingerprint density at radius 2 is 2.06 bits per heavy atom. The fourth-order valence-electron chi connectivity index (χ4n) is 2.90. The van der Waals surface area contributed by atoms with Crippen molar-refractivity contribution >= 4 is 24.0 Å². The van der Waals surface area contributed by atoms with Gasteiger partial charge in [-0.2, -0.15) is 0 Å². The molecule has 0 bridgehead atoms. The van der Waals surface area contributed by atoms with Crippen LogP contribution in [0, 0.1) is 0 Å². The molecule has 2 aliphatic rings. The Balaban J connectivity index is 0.00000108. The second-order valence-corrected chi connectivity index (χ2v) is 5.34. The van der Waals surface area contributed by atoms with Crippen molar-refractivity contribution in [3.63, 3.8) is 0 Å². The number of benzene rings is 1. The molecule has 1 fully saturated rings. The lowest BCUT2D eigenvalue weighted by atomic mass is 9.91. The molecule has 2 aliphatic heterocycles. The zero-order chi connectivity index (χ0) is 11.1. The van der Waals surface area contributed by atoms with Gasteiger partial charge in [-0.3, -0.25) is 4.90 Å². The van der Waals surface area contributed by atoms with E-state index in [1.54, 1.807) is 0 Å². The molecule has 1 atom stereocenters. The topological polar surface area (TPSA) is 6.48 Å². The molecule has 2 nitrogen and oxygen atoms in total. The van der Waals surface area contributed by atoms with Gasteiger partial charge in [0, 0.05) is 37.2 Å². The van der Waals surface area contributed by atoms with Crippen LogP contribution < -0.4 is 0 Å². The third kappa shape index (κ3) is 2.45. The Labute approximate surface area is 114 Å². The molecule has 0 amide bonds. The van der Waals surface area contributed by atoms with Crippen molar-refractivity contribution < 1.29 is 0 Å². The number of fused-ring (bicyclic) bond motifs is 3. The predicted molar refractivity (Wildman–Crippen MR) is 74.2 cm³/mol. The standard InChI is InChI=1S/C13H17ClN2.ClH/c1-15-6-7-16-5-4-10-8-11(14)2-3-12(10)13(16)9-15;/h2-3,8,13H,4-7,9H2,1H3;1H. The smallest absolute Gasteiger partial charge is 0.0478 e. The van der Waals surface area contributed by atoms with Gasteiger partial charge in [0.1, 0.15) is 0 Å². The van der Waals surface area contributed by atoms with Crippen molar-refractivity contribution in [1.82, 2.24) is 9.80 Å². The maximum absolute atomic E-state index is 6.06. The van der Waals surface area contributed by atoms with Crippen LogP contribution in [-0.2, 0) is 6.42 Å². The van der Waals surface area contributed by atoms with Crippen molar-refractivity contribution in [2.45, 2.75) is 12.5 Å². The normalized spacial score (nSPS) is 24.7. The van der Waals surface area contributed by atoms with Crippen LogP contribution in [0.5, 0.6) is 0 Å². The Hall–Kier alpha value is -0.280. The lowest BCUT2D eigenvalue weighted by Crippen LogP contribution is -2.49. The second-order valence-electron chi connectivity index (χ2n) is 4.91. The lowest BCUT2D eigenvalue weighted by Gasteiger charge is -2.43. The number of hydrogen-bond donors (Lipinski definition) is 0. The first kappa shape index (κ1) is 13.2. The van der Waals surface area contributed by atoms with Gasteiger partial charge in [0.25, 0.3) is 0 Å². The van der Waals surface area contributed by atoms with Crippen LogP contribution in [0.1, 0.15) is 17.2 Å². The van der Waals surface area contributed by atoms with Gasteiger partial charge in [-0.15, -0.1) is 12.4 Å². The summed E-state index contributed by atoms with van der Waals surface area (Å²) >= 11 is 6.06. The van der Waals surface area contributed by atoms with E-state index >= 15 is 0 Å². The first-order chi connectivity index (χ1) is 7.74. The van der Waals surface area contributed by atoms with Gasteiger partial charge in [-0.05, 0) is 36.7 Å². The first-order valence-electron chi connectivity index (χ1n) is 5.95. The summed E-state index contributed by atoms with van der Waals surface area (Å²) in [6.07, 6.45) is 1.15. The third-order valence-corrected chi connectivity index (χ3v) is 4.06. The quantitative estimate of drug-likeness (QED) is 0.717. The first-order valence-corrected chi connectivity index (χ1v) is 6.33. The monoisotopic (exact) mass is 272 g/mol. The predicted octanol–water partition coefficient (Wildman–Crippen LogP) is 2.61. The number of nitrogens with zero attached hydrogens (tertiary/aromatic N) is 2. The fourth-order valence-corrected chi connectivity index (χ4v) is 3.09. The van der Waals surface area contributed by atoms with E-state index in [0.29, 0.717) is 6.04 Å². The summed E-state index contributed by atoms with van der Waals surface area (Å²) < 4.78 is 0. The zero-order valence-corrected chi connectivity index (χ0v) is 11.6. The summed E-state index contributed by atoms with van der Waals surface area (Å²) in [5.74, 6) is 0. The van der Waals surface area contributed by atoms with Crippen LogP contribution in [0.3, 0.4) is 0 Å². The number of hydrogen-bond acceptors (Lipinski definition) is 2. The highest BCUT2D eigenvalue weighted by molar-refractivity contribution is 6.30. The van der Waals surface area contributed by atoms with Crippen LogP contribution in [0.2, 0.25) is 5.02 Å². The van der Waals surface area contributed by atoms with Gasteiger partial charge in [-0.25, -0.2) is 0 Å². The molecule has 1 saturated heterocycles. The van der Waals surface area contributed by atoms with E-state index < -0.39 is 0 Å². The molecule has 1 unspecified atom stereocenters. The molecule has 0 spiro atoms. The molecule has 1 aromatic carbocycles. The average Bonchev–Trinajstić information content (AvgIpc) is 2.28. The average molecular weight is 273 g/mol. The van der Waals surface area contributed by atoms with Crippen molar-refractivity contribution in [2.24, 2.45) is 0 Å². The molecular formula is C13H18Cl2N2. The summed E-state index contributed by atoms with van der Waals surface area (Å²) in [4.78, 5) is 5.03. The SMILES string of the molecule is CN1CCN2CCc3cc(Cl)ccc3C2C1.Cl. The molecule has 0 N–H and O–H groups in total. The second kappa shape index (κ2) is 5.15. The maximum atomic E-state index is 6.06. The number of piperazine rings is 1. The van der Waals surface area contributed by atoms with Crippen LogP contribution in [0.25, 0.3) is 0 Å². The van der Waals surface area contributed by atoms with Crippen LogP contribution in [0.15, 0.2) is 18.2 Å². The van der Waals surface area contributed by atoms with Crippen molar-refractivity contribution in [1.29, 1.82) is 0 Å². The van der Waals surface area contributed by atoms with Gasteiger partial charge in [0.15, 0.2) is 0 Å². The van der Waals surface area contributed by atoms with Gasteiger partial charge < -0.3 is 4.90 Å². The van der Waals surface area contributed by atoms with Gasteiger partial charge in [0.2, 0.25) is 0 Å². The Morgan fingerprint density at radius 3 is 2.88 bits per heavy atom. The summed E-state index contributed by atoms with van der Waals surface area (Å²) in [6.45, 7) is 4.73. The zero-order valence-electron chi connectivity index (χ0n) is 10.0. The molecule has 0 aliphatic carbocycles. The molecule has 0 saturated carbocycles.